The van der Waals surface area contributed by atoms with Crippen molar-refractivity contribution in [3.8, 4) is 5.75 Å². The Labute approximate surface area is 109 Å². The molecular formula is C14H22N2O2. The number of hydrogen-bond donors (Lipinski definition) is 2. The number of amides is 1. The molecule has 1 amide bonds. The molecule has 1 rings (SSSR count). The van der Waals surface area contributed by atoms with Gasteiger partial charge in [0.1, 0.15) is 5.75 Å². The molecule has 0 aromatic heterocycles. The molecule has 100 valence electrons. The molecule has 3 N–H and O–H groups in total. The quantitative estimate of drug-likeness (QED) is 0.767. The van der Waals surface area contributed by atoms with Crippen molar-refractivity contribution in [1.29, 1.82) is 0 Å². The Bertz CT molecular complexity index is 380. The second kappa shape index (κ2) is 7.71. The van der Waals surface area contributed by atoms with Crippen LogP contribution in [-0.4, -0.2) is 25.6 Å². The molecule has 0 spiro atoms. The van der Waals surface area contributed by atoms with Crippen LogP contribution >= 0.6 is 0 Å². The number of nitrogens with two attached hydrogens (primary N) is 1. The average Bonchev–Trinajstić information content (AvgIpc) is 2.38. The Morgan fingerprint density at radius 3 is 2.72 bits per heavy atom. The monoisotopic (exact) mass is 250 g/mol. The van der Waals surface area contributed by atoms with Gasteiger partial charge in [-0.3, -0.25) is 4.79 Å². The molecule has 0 aliphatic carbocycles. The van der Waals surface area contributed by atoms with E-state index in [-0.39, 0.29) is 11.8 Å². The molecule has 0 saturated carbocycles. The fourth-order valence-corrected chi connectivity index (χ4v) is 1.84. The Morgan fingerprint density at radius 1 is 1.39 bits per heavy atom. The molecule has 1 aromatic carbocycles. The zero-order valence-electron chi connectivity index (χ0n) is 11.1. The van der Waals surface area contributed by atoms with Gasteiger partial charge >= 0.3 is 0 Å². The van der Waals surface area contributed by atoms with Crippen LogP contribution in [0.2, 0.25) is 0 Å². The summed E-state index contributed by atoms with van der Waals surface area (Å²) in [6.07, 6.45) is 0.610. The maximum absolute atomic E-state index is 11.8. The van der Waals surface area contributed by atoms with Gasteiger partial charge in [-0.25, -0.2) is 0 Å². The van der Waals surface area contributed by atoms with E-state index < -0.39 is 0 Å². The van der Waals surface area contributed by atoms with Crippen LogP contribution in [0, 0.1) is 5.92 Å². The molecule has 4 heteroatoms. The van der Waals surface area contributed by atoms with Crippen molar-refractivity contribution in [2.24, 2.45) is 11.7 Å². The number of ether oxygens (including phenoxy) is 1. The highest BCUT2D eigenvalue weighted by Gasteiger charge is 2.18. The average molecular weight is 250 g/mol. The van der Waals surface area contributed by atoms with Gasteiger partial charge in [0.15, 0.2) is 0 Å². The second-order valence-electron chi connectivity index (χ2n) is 4.07. The van der Waals surface area contributed by atoms with Crippen LogP contribution in [0.5, 0.6) is 5.75 Å². The van der Waals surface area contributed by atoms with E-state index in [1.54, 1.807) is 0 Å². The van der Waals surface area contributed by atoms with Gasteiger partial charge < -0.3 is 15.8 Å². The minimum Gasteiger partial charge on any atom is -0.494 e. The van der Waals surface area contributed by atoms with Crippen molar-refractivity contribution in [3.63, 3.8) is 0 Å². The summed E-state index contributed by atoms with van der Waals surface area (Å²) < 4.78 is 5.55. The van der Waals surface area contributed by atoms with E-state index >= 15 is 0 Å². The van der Waals surface area contributed by atoms with Gasteiger partial charge in [-0.2, -0.15) is 0 Å². The smallest absolute Gasteiger partial charge is 0.224 e. The first-order valence-electron chi connectivity index (χ1n) is 6.41. The molecule has 1 unspecified atom stereocenters. The van der Waals surface area contributed by atoms with Crippen LogP contribution in [0.3, 0.4) is 0 Å². The largest absolute Gasteiger partial charge is 0.494 e. The molecule has 1 aromatic rings. The molecule has 0 heterocycles. The third-order valence-corrected chi connectivity index (χ3v) is 2.75. The van der Waals surface area contributed by atoms with E-state index in [0.29, 0.717) is 26.1 Å². The number of para-hydroxylation sites is 1. The zero-order valence-corrected chi connectivity index (χ0v) is 11.1. The van der Waals surface area contributed by atoms with Gasteiger partial charge in [-0.05, 0) is 31.9 Å². The molecule has 0 bridgehead atoms. The molecule has 0 aliphatic heterocycles. The Morgan fingerprint density at radius 2 is 2.11 bits per heavy atom. The molecule has 18 heavy (non-hydrogen) atoms. The summed E-state index contributed by atoms with van der Waals surface area (Å²) in [5, 5.41) is 2.81. The predicted molar refractivity (Wildman–Crippen MR) is 72.5 cm³/mol. The molecule has 1 atom stereocenters. The van der Waals surface area contributed by atoms with Gasteiger partial charge in [0.25, 0.3) is 0 Å². The van der Waals surface area contributed by atoms with Crippen LogP contribution in [-0.2, 0) is 11.2 Å². The summed E-state index contributed by atoms with van der Waals surface area (Å²) in [6.45, 7) is 5.43. The number of benzene rings is 1. The maximum Gasteiger partial charge on any atom is 0.224 e. The van der Waals surface area contributed by atoms with Crippen molar-refractivity contribution in [2.75, 3.05) is 19.7 Å². The molecular weight excluding hydrogens is 228 g/mol. The van der Waals surface area contributed by atoms with Crippen LogP contribution in [0.15, 0.2) is 24.3 Å². The van der Waals surface area contributed by atoms with Crippen LogP contribution in [0.4, 0.5) is 0 Å². The number of carbonyl (C=O) groups is 1. The lowest BCUT2D eigenvalue weighted by molar-refractivity contribution is -0.124. The number of hydrogen-bond acceptors (Lipinski definition) is 3. The normalized spacial score (nSPS) is 11.9. The first kappa shape index (κ1) is 14.5. The molecule has 0 aliphatic rings. The van der Waals surface area contributed by atoms with E-state index in [4.69, 9.17) is 10.5 Å². The van der Waals surface area contributed by atoms with Crippen molar-refractivity contribution in [2.45, 2.75) is 20.3 Å². The van der Waals surface area contributed by atoms with Gasteiger partial charge in [0.2, 0.25) is 5.91 Å². The third kappa shape index (κ3) is 4.04. The highest BCUT2D eigenvalue weighted by atomic mass is 16.5. The number of rotatable bonds is 7. The SMILES string of the molecule is CCNC(=O)C(CN)Cc1ccccc1OCC. The van der Waals surface area contributed by atoms with E-state index in [0.717, 1.165) is 11.3 Å². The van der Waals surface area contributed by atoms with E-state index in [1.165, 1.54) is 0 Å². The fourth-order valence-electron chi connectivity index (χ4n) is 1.84. The summed E-state index contributed by atoms with van der Waals surface area (Å²) in [5.41, 5.74) is 6.70. The van der Waals surface area contributed by atoms with Crippen LogP contribution < -0.4 is 15.8 Å². The van der Waals surface area contributed by atoms with Gasteiger partial charge in [-0.1, -0.05) is 18.2 Å². The molecule has 0 radical (unpaired) electrons. The Kier molecular flexibility index (Phi) is 6.22. The summed E-state index contributed by atoms with van der Waals surface area (Å²) in [7, 11) is 0. The van der Waals surface area contributed by atoms with Crippen molar-refractivity contribution < 1.29 is 9.53 Å². The summed E-state index contributed by atoms with van der Waals surface area (Å²) in [5.74, 6) is 0.639. The van der Waals surface area contributed by atoms with Crippen molar-refractivity contribution >= 4 is 5.91 Å². The van der Waals surface area contributed by atoms with Crippen LogP contribution in [0.1, 0.15) is 19.4 Å². The molecule has 4 nitrogen and oxygen atoms in total. The number of carbonyl (C=O) groups excluding carboxylic acids is 1. The lowest BCUT2D eigenvalue weighted by Gasteiger charge is -2.16. The summed E-state index contributed by atoms with van der Waals surface area (Å²) in [6, 6.07) is 7.78. The summed E-state index contributed by atoms with van der Waals surface area (Å²) in [4.78, 5) is 11.8. The Balaban J connectivity index is 2.77. The minimum atomic E-state index is -0.202. The first-order valence-corrected chi connectivity index (χ1v) is 6.41. The standard InChI is InChI=1S/C14H22N2O2/c1-3-16-14(17)12(10-15)9-11-7-5-6-8-13(11)18-4-2/h5-8,12H,3-4,9-10,15H2,1-2H3,(H,16,17). The third-order valence-electron chi connectivity index (χ3n) is 2.75. The predicted octanol–water partition coefficient (Wildman–Crippen LogP) is 1.34. The highest BCUT2D eigenvalue weighted by Crippen LogP contribution is 2.21. The van der Waals surface area contributed by atoms with Gasteiger partial charge in [0, 0.05) is 13.1 Å². The van der Waals surface area contributed by atoms with Crippen molar-refractivity contribution in [1.82, 2.24) is 5.32 Å². The zero-order chi connectivity index (χ0) is 13.4. The highest BCUT2D eigenvalue weighted by molar-refractivity contribution is 5.79. The van der Waals surface area contributed by atoms with E-state index in [2.05, 4.69) is 5.32 Å². The number of nitrogens with one attached hydrogen (secondary N) is 1. The van der Waals surface area contributed by atoms with Crippen molar-refractivity contribution in [3.05, 3.63) is 29.8 Å². The summed E-state index contributed by atoms with van der Waals surface area (Å²) >= 11 is 0. The topological polar surface area (TPSA) is 64.4 Å². The van der Waals surface area contributed by atoms with Gasteiger partial charge in [-0.15, -0.1) is 0 Å². The maximum atomic E-state index is 11.8. The molecule has 0 fully saturated rings. The van der Waals surface area contributed by atoms with Gasteiger partial charge in [0.05, 0.1) is 12.5 Å². The minimum absolute atomic E-state index is 0.00583. The fraction of sp³-hybridized carbons (Fsp3) is 0.500. The van der Waals surface area contributed by atoms with E-state index in [1.807, 2.05) is 38.1 Å². The van der Waals surface area contributed by atoms with Crippen LogP contribution in [0.25, 0.3) is 0 Å². The lowest BCUT2D eigenvalue weighted by atomic mass is 9.98. The van der Waals surface area contributed by atoms with E-state index in [9.17, 15) is 4.79 Å². The second-order valence-corrected chi connectivity index (χ2v) is 4.07. The Hall–Kier alpha value is -1.55. The molecule has 0 saturated heterocycles. The lowest BCUT2D eigenvalue weighted by Crippen LogP contribution is -2.36. The first-order chi connectivity index (χ1) is 8.72.